The molecule has 2 heterocycles. The molecular weight excluding hydrogens is 472 g/mol. The van der Waals surface area contributed by atoms with Crippen molar-refractivity contribution in [2.45, 2.75) is 89.1 Å². The van der Waals surface area contributed by atoms with Crippen LogP contribution >= 0.6 is 0 Å². The molecule has 0 saturated carbocycles. The van der Waals surface area contributed by atoms with Gasteiger partial charge < -0.3 is 54.3 Å². The van der Waals surface area contributed by atoms with Gasteiger partial charge in [-0.05, 0) is 27.7 Å². The van der Waals surface area contributed by atoms with E-state index >= 15 is 0 Å². The van der Waals surface area contributed by atoms with Crippen LogP contribution in [-0.4, -0.2) is 117 Å². The molecule has 0 aromatic heterocycles. The van der Waals surface area contributed by atoms with Crippen molar-refractivity contribution in [2.75, 3.05) is 13.2 Å². The van der Waals surface area contributed by atoms with Gasteiger partial charge in [0.2, 0.25) is 0 Å². The Hall–Kier alpha value is -1.94. The Morgan fingerprint density at radius 2 is 1.00 bits per heavy atom. The standard InChI is InChI=1S/C22H34O13/c1-5-9(3)19(29)31-7-11-13(23)15(25)17(27)21(33-11)35-22-18(28)16(26)14(24)12(34-22)8-32-20(30)10(4)6-2/h5-6,11-18,21-28H,7-8H2,1-4H3/b9-5+,10-6+/t11-,12-,13-,14-,15+,16+,17-,18-,21-,22-/m1/s1. The summed E-state index contributed by atoms with van der Waals surface area (Å²) in [6.45, 7) is 5.30. The molecule has 200 valence electrons. The molecule has 35 heavy (non-hydrogen) atoms. The Labute approximate surface area is 202 Å². The molecule has 2 rings (SSSR count). The highest BCUT2D eigenvalue weighted by molar-refractivity contribution is 5.88. The van der Waals surface area contributed by atoms with Crippen LogP contribution in [0.2, 0.25) is 0 Å². The van der Waals surface area contributed by atoms with E-state index < -0.39 is 86.6 Å². The largest absolute Gasteiger partial charge is 0.459 e. The number of carbonyl (C=O) groups excluding carboxylic acids is 2. The van der Waals surface area contributed by atoms with Crippen molar-refractivity contribution in [3.05, 3.63) is 23.3 Å². The molecule has 13 heteroatoms. The zero-order valence-corrected chi connectivity index (χ0v) is 19.9. The first-order chi connectivity index (χ1) is 16.4. The number of hydrogen-bond donors (Lipinski definition) is 6. The van der Waals surface area contributed by atoms with E-state index in [9.17, 15) is 40.2 Å². The number of aliphatic hydroxyl groups excluding tert-OH is 6. The van der Waals surface area contributed by atoms with Gasteiger partial charge in [-0.3, -0.25) is 0 Å². The van der Waals surface area contributed by atoms with Crippen LogP contribution in [0.25, 0.3) is 0 Å². The van der Waals surface area contributed by atoms with Crippen LogP contribution in [0.1, 0.15) is 27.7 Å². The zero-order valence-electron chi connectivity index (χ0n) is 19.9. The second-order valence-corrected chi connectivity index (χ2v) is 8.31. The summed E-state index contributed by atoms with van der Waals surface area (Å²) in [4.78, 5) is 23.7. The van der Waals surface area contributed by atoms with Gasteiger partial charge in [0.05, 0.1) is 0 Å². The molecule has 0 aromatic rings. The molecule has 0 aliphatic carbocycles. The molecular formula is C22H34O13. The molecule has 0 bridgehead atoms. The van der Waals surface area contributed by atoms with E-state index in [-0.39, 0.29) is 0 Å². The highest BCUT2D eigenvalue weighted by atomic mass is 16.8. The Bertz CT molecular complexity index is 732. The summed E-state index contributed by atoms with van der Waals surface area (Å²) in [7, 11) is 0. The van der Waals surface area contributed by atoms with Crippen molar-refractivity contribution in [3.8, 4) is 0 Å². The Kier molecular flexibility index (Phi) is 10.8. The summed E-state index contributed by atoms with van der Waals surface area (Å²) in [6.07, 6.45) is -13.5. The number of hydrogen-bond acceptors (Lipinski definition) is 13. The summed E-state index contributed by atoms with van der Waals surface area (Å²) in [5, 5.41) is 61.4. The van der Waals surface area contributed by atoms with Crippen molar-refractivity contribution in [1.82, 2.24) is 0 Å². The van der Waals surface area contributed by atoms with Crippen LogP contribution in [0.15, 0.2) is 23.3 Å². The molecule has 0 spiro atoms. The molecule has 0 radical (unpaired) electrons. The summed E-state index contributed by atoms with van der Waals surface area (Å²) in [6, 6.07) is 0. The molecule has 2 aliphatic rings. The SMILES string of the molecule is C/C=C(\C)C(=O)OC[C@H]1O[C@H](O[C@H]2O[C@H](COC(=O)/C(C)=C/C)[C@@H](O)[C@H](O)[C@H]2O)[C@H](O)[C@@H](O)[C@@H]1O. The topological polar surface area (TPSA) is 202 Å². The van der Waals surface area contributed by atoms with Crippen LogP contribution in [0.4, 0.5) is 0 Å². The average Bonchev–Trinajstić information content (AvgIpc) is 2.85. The van der Waals surface area contributed by atoms with Crippen LogP contribution in [0.5, 0.6) is 0 Å². The average molecular weight is 507 g/mol. The first-order valence-corrected chi connectivity index (χ1v) is 11.1. The third kappa shape index (κ3) is 7.06. The number of allylic oxidation sites excluding steroid dienone is 2. The van der Waals surface area contributed by atoms with E-state index in [1.54, 1.807) is 13.8 Å². The van der Waals surface area contributed by atoms with Gasteiger partial charge in [0.25, 0.3) is 0 Å². The van der Waals surface area contributed by atoms with Crippen molar-refractivity contribution >= 4 is 11.9 Å². The van der Waals surface area contributed by atoms with Crippen LogP contribution in [0.3, 0.4) is 0 Å². The maximum Gasteiger partial charge on any atom is 0.333 e. The van der Waals surface area contributed by atoms with Crippen molar-refractivity contribution in [3.63, 3.8) is 0 Å². The van der Waals surface area contributed by atoms with E-state index in [2.05, 4.69) is 0 Å². The number of carbonyl (C=O) groups is 2. The zero-order chi connectivity index (χ0) is 26.4. The predicted molar refractivity (Wildman–Crippen MR) is 115 cm³/mol. The van der Waals surface area contributed by atoms with Gasteiger partial charge in [-0.15, -0.1) is 0 Å². The lowest BCUT2D eigenvalue weighted by Crippen LogP contribution is -2.64. The van der Waals surface area contributed by atoms with Crippen molar-refractivity contribution in [2.24, 2.45) is 0 Å². The van der Waals surface area contributed by atoms with Gasteiger partial charge in [-0.1, -0.05) is 12.2 Å². The summed E-state index contributed by atoms with van der Waals surface area (Å²) in [5.74, 6) is -1.37. The monoisotopic (exact) mass is 506 g/mol. The van der Waals surface area contributed by atoms with Gasteiger partial charge in [0.15, 0.2) is 12.6 Å². The summed E-state index contributed by atoms with van der Waals surface area (Å²) >= 11 is 0. The molecule has 0 unspecified atom stereocenters. The van der Waals surface area contributed by atoms with Crippen molar-refractivity contribution in [1.29, 1.82) is 0 Å². The third-order valence-electron chi connectivity index (χ3n) is 5.87. The minimum atomic E-state index is -1.82. The quantitative estimate of drug-likeness (QED) is 0.151. The highest BCUT2D eigenvalue weighted by Gasteiger charge is 2.50. The second-order valence-electron chi connectivity index (χ2n) is 8.31. The smallest absolute Gasteiger partial charge is 0.333 e. The van der Waals surface area contributed by atoms with E-state index in [1.165, 1.54) is 26.0 Å². The number of rotatable bonds is 8. The molecule has 13 nitrogen and oxygen atoms in total. The maximum absolute atomic E-state index is 11.9. The molecule has 2 fully saturated rings. The lowest BCUT2D eigenvalue weighted by Gasteiger charge is -2.44. The highest BCUT2D eigenvalue weighted by Crippen LogP contribution is 2.28. The summed E-state index contributed by atoms with van der Waals surface area (Å²) < 4.78 is 26.3. The molecule has 2 aliphatic heterocycles. The maximum atomic E-state index is 11.9. The lowest BCUT2D eigenvalue weighted by atomic mass is 9.98. The predicted octanol–water partition coefficient (Wildman–Crippen LogP) is -2.36. The molecule has 10 atom stereocenters. The fraction of sp³-hybridized carbons (Fsp3) is 0.727. The molecule has 0 amide bonds. The molecule has 0 aromatic carbocycles. The fourth-order valence-electron chi connectivity index (χ4n) is 3.24. The molecule has 2 saturated heterocycles. The number of esters is 2. The van der Waals surface area contributed by atoms with Gasteiger partial charge in [0.1, 0.15) is 62.0 Å². The van der Waals surface area contributed by atoms with Gasteiger partial charge in [0, 0.05) is 11.1 Å². The minimum absolute atomic E-state index is 0.298. The fourth-order valence-corrected chi connectivity index (χ4v) is 3.24. The molecule has 6 N–H and O–H groups in total. The van der Waals surface area contributed by atoms with Gasteiger partial charge in [-0.25, -0.2) is 9.59 Å². The van der Waals surface area contributed by atoms with E-state index in [4.69, 9.17) is 23.7 Å². The lowest BCUT2D eigenvalue weighted by molar-refractivity contribution is -0.376. The normalized spacial score (nSPS) is 38.7. The van der Waals surface area contributed by atoms with Crippen molar-refractivity contribution < 1.29 is 63.9 Å². The van der Waals surface area contributed by atoms with E-state index in [1.807, 2.05) is 0 Å². The first-order valence-electron chi connectivity index (χ1n) is 11.1. The summed E-state index contributed by atoms with van der Waals surface area (Å²) in [5.41, 5.74) is 0.595. The van der Waals surface area contributed by atoms with Crippen LogP contribution in [-0.2, 0) is 33.3 Å². The Morgan fingerprint density at radius 3 is 1.31 bits per heavy atom. The Balaban J connectivity index is 2.08. The van der Waals surface area contributed by atoms with Gasteiger partial charge >= 0.3 is 11.9 Å². The van der Waals surface area contributed by atoms with Crippen LogP contribution < -0.4 is 0 Å². The second kappa shape index (κ2) is 12.9. The van der Waals surface area contributed by atoms with Crippen LogP contribution in [0, 0.1) is 0 Å². The number of aliphatic hydroxyl groups is 6. The first kappa shape index (κ1) is 29.3. The van der Waals surface area contributed by atoms with E-state index in [0.717, 1.165) is 0 Å². The van der Waals surface area contributed by atoms with E-state index in [0.29, 0.717) is 11.1 Å². The Morgan fingerprint density at radius 1 is 0.657 bits per heavy atom. The van der Waals surface area contributed by atoms with Gasteiger partial charge in [-0.2, -0.15) is 0 Å². The third-order valence-corrected chi connectivity index (χ3v) is 5.87. The number of ether oxygens (including phenoxy) is 5. The minimum Gasteiger partial charge on any atom is -0.459 e.